The molecule has 0 aliphatic carbocycles. The van der Waals surface area contributed by atoms with E-state index in [-0.39, 0.29) is 23.6 Å². The number of hydrogen-bond acceptors (Lipinski definition) is 7. The summed E-state index contributed by atoms with van der Waals surface area (Å²) in [5.74, 6) is -0.177. The van der Waals surface area contributed by atoms with E-state index < -0.39 is 0 Å². The predicted octanol–water partition coefficient (Wildman–Crippen LogP) is 3.91. The lowest BCUT2D eigenvalue weighted by atomic mass is 10.0. The number of thiocarbonyl (C=S) groups is 1. The van der Waals surface area contributed by atoms with Crippen LogP contribution in [0.15, 0.2) is 34.0 Å². The minimum atomic E-state index is -0.323. The van der Waals surface area contributed by atoms with Crippen molar-refractivity contribution in [3.8, 4) is 0 Å². The Bertz CT molecular complexity index is 1260. The third-order valence-electron chi connectivity index (χ3n) is 6.23. The van der Waals surface area contributed by atoms with Gasteiger partial charge in [0, 0.05) is 44.2 Å². The molecule has 2 fully saturated rings. The fourth-order valence-electron chi connectivity index (χ4n) is 4.58. The normalized spacial score (nSPS) is 17.9. The molecule has 10 heteroatoms. The van der Waals surface area contributed by atoms with E-state index in [4.69, 9.17) is 17.0 Å². The Kier molecular flexibility index (Phi) is 7.51. The van der Waals surface area contributed by atoms with E-state index in [1.165, 1.54) is 11.8 Å². The molecule has 2 amide bonds. The molecular formula is C25H30N4O4S2. The lowest BCUT2D eigenvalue weighted by molar-refractivity contribution is -0.123. The van der Waals surface area contributed by atoms with Crippen LogP contribution in [0.4, 0.5) is 10.5 Å². The van der Waals surface area contributed by atoms with Crippen LogP contribution in [0.2, 0.25) is 0 Å². The Hall–Kier alpha value is -2.85. The number of amides is 2. The molecule has 0 atom stereocenters. The molecule has 2 aliphatic rings. The fraction of sp³-hybridized carbons (Fsp3) is 0.440. The number of fused-ring (bicyclic) bond motifs is 1. The molecule has 0 saturated carbocycles. The molecule has 2 aromatic rings. The van der Waals surface area contributed by atoms with Crippen molar-refractivity contribution >= 4 is 63.0 Å². The monoisotopic (exact) mass is 514 g/mol. The first-order valence-electron chi connectivity index (χ1n) is 11.9. The predicted molar refractivity (Wildman–Crippen MR) is 145 cm³/mol. The second-order valence-electron chi connectivity index (χ2n) is 8.65. The lowest BCUT2D eigenvalue weighted by Crippen LogP contribution is -2.49. The van der Waals surface area contributed by atoms with E-state index in [0.717, 1.165) is 16.6 Å². The highest BCUT2D eigenvalue weighted by molar-refractivity contribution is 8.26. The van der Waals surface area contributed by atoms with Crippen LogP contribution in [0.3, 0.4) is 0 Å². The molecule has 3 heterocycles. The van der Waals surface area contributed by atoms with Crippen molar-refractivity contribution in [2.45, 2.75) is 40.3 Å². The molecule has 186 valence electrons. The molecule has 35 heavy (non-hydrogen) atoms. The first-order valence-corrected chi connectivity index (χ1v) is 13.1. The summed E-state index contributed by atoms with van der Waals surface area (Å²) in [6.45, 7) is 10.5. The van der Waals surface area contributed by atoms with Crippen molar-refractivity contribution in [3.63, 3.8) is 0 Å². The molecule has 1 aromatic carbocycles. The number of carbonyl (C=O) groups excluding carboxylic acids is 2. The van der Waals surface area contributed by atoms with Gasteiger partial charge in [-0.25, -0.2) is 4.79 Å². The summed E-state index contributed by atoms with van der Waals surface area (Å²) >= 11 is 6.68. The van der Waals surface area contributed by atoms with Crippen molar-refractivity contribution in [1.82, 2.24) is 14.4 Å². The minimum Gasteiger partial charge on any atom is -0.450 e. The number of hydrogen-bond donors (Lipinski definition) is 0. The zero-order valence-electron chi connectivity index (χ0n) is 20.4. The van der Waals surface area contributed by atoms with E-state index in [1.54, 1.807) is 27.4 Å². The maximum absolute atomic E-state index is 13.8. The molecule has 0 unspecified atom stereocenters. The van der Waals surface area contributed by atoms with E-state index in [2.05, 4.69) is 4.90 Å². The first kappa shape index (κ1) is 25.2. The summed E-state index contributed by atoms with van der Waals surface area (Å²) in [6, 6.07) is 7.76. The van der Waals surface area contributed by atoms with Crippen LogP contribution < -0.4 is 10.5 Å². The third-order valence-corrected chi connectivity index (χ3v) is 7.56. The van der Waals surface area contributed by atoms with Gasteiger partial charge in [-0.2, -0.15) is 0 Å². The standard InChI is InChI=1S/C25H30N4O4S2/c1-5-28-19-10-8-7-9-17(19)21(26-11-13-27(14-12-26)24(32)33-6-2)18(22(28)30)15-20-23(31)29(16(3)4)25(34)35-20/h7-10,15-16H,5-6,11-14H2,1-4H3. The molecule has 8 nitrogen and oxygen atoms in total. The lowest BCUT2D eigenvalue weighted by Gasteiger charge is -2.37. The SMILES string of the molecule is CCOC(=O)N1CCN(c2c(C=C3SC(=S)N(C(C)C)C3=O)c(=O)n(CC)c3ccccc23)CC1. The summed E-state index contributed by atoms with van der Waals surface area (Å²) in [5.41, 5.74) is 1.95. The second-order valence-corrected chi connectivity index (χ2v) is 10.3. The number of aryl methyl sites for hydroxylation is 1. The molecule has 0 bridgehead atoms. The number of thioether (sulfide) groups is 1. The second kappa shape index (κ2) is 10.4. The molecular weight excluding hydrogens is 484 g/mol. The third kappa shape index (κ3) is 4.69. The quantitative estimate of drug-likeness (QED) is 0.442. The zero-order valence-corrected chi connectivity index (χ0v) is 22.1. The highest BCUT2D eigenvalue weighted by Gasteiger charge is 2.35. The van der Waals surface area contributed by atoms with Crippen molar-refractivity contribution in [1.29, 1.82) is 0 Å². The summed E-state index contributed by atoms with van der Waals surface area (Å²) in [6.07, 6.45) is 1.38. The number of ether oxygens (including phenoxy) is 1. The highest BCUT2D eigenvalue weighted by Crippen LogP contribution is 2.37. The number of para-hydroxylation sites is 1. The minimum absolute atomic E-state index is 0.0623. The molecule has 2 saturated heterocycles. The molecule has 0 N–H and O–H groups in total. The average molecular weight is 515 g/mol. The van der Waals surface area contributed by atoms with Gasteiger partial charge < -0.3 is 19.1 Å². The molecule has 4 rings (SSSR count). The van der Waals surface area contributed by atoms with Gasteiger partial charge in [0.15, 0.2) is 0 Å². The number of aromatic nitrogens is 1. The number of benzene rings is 1. The van der Waals surface area contributed by atoms with Gasteiger partial charge in [-0.05, 0) is 39.8 Å². The molecule has 0 spiro atoms. The van der Waals surface area contributed by atoms with Crippen molar-refractivity contribution in [3.05, 3.63) is 45.1 Å². The summed E-state index contributed by atoms with van der Waals surface area (Å²) < 4.78 is 7.39. The zero-order chi connectivity index (χ0) is 25.3. The van der Waals surface area contributed by atoms with Crippen LogP contribution in [0.25, 0.3) is 17.0 Å². The molecule has 0 radical (unpaired) electrons. The number of piperazine rings is 1. The van der Waals surface area contributed by atoms with Crippen LogP contribution in [0, 0.1) is 0 Å². The van der Waals surface area contributed by atoms with Gasteiger partial charge >= 0.3 is 6.09 Å². The molecule has 1 aromatic heterocycles. The Morgan fingerprint density at radius 2 is 1.83 bits per heavy atom. The first-order chi connectivity index (χ1) is 16.8. The van der Waals surface area contributed by atoms with Gasteiger partial charge in [-0.15, -0.1) is 0 Å². The van der Waals surface area contributed by atoms with Gasteiger partial charge in [0.25, 0.3) is 11.5 Å². The number of carbonyl (C=O) groups is 2. The molecule has 2 aliphatic heterocycles. The number of pyridine rings is 1. The Labute approximate surface area is 214 Å². The van der Waals surface area contributed by atoms with Crippen LogP contribution in [0.1, 0.15) is 33.3 Å². The van der Waals surface area contributed by atoms with Gasteiger partial charge in [-0.3, -0.25) is 14.5 Å². The largest absolute Gasteiger partial charge is 0.450 e. The van der Waals surface area contributed by atoms with Gasteiger partial charge in [0.1, 0.15) is 4.32 Å². The summed E-state index contributed by atoms with van der Waals surface area (Å²) in [4.78, 5) is 45.0. The van der Waals surface area contributed by atoms with Gasteiger partial charge in [0.2, 0.25) is 0 Å². The maximum Gasteiger partial charge on any atom is 0.409 e. The fourth-order valence-corrected chi connectivity index (χ4v) is 6.08. The Morgan fingerprint density at radius 3 is 2.43 bits per heavy atom. The smallest absolute Gasteiger partial charge is 0.409 e. The Balaban J connectivity index is 1.84. The van der Waals surface area contributed by atoms with Crippen LogP contribution in [-0.2, 0) is 16.1 Å². The van der Waals surface area contributed by atoms with Gasteiger partial charge in [-0.1, -0.05) is 42.2 Å². The van der Waals surface area contributed by atoms with E-state index in [0.29, 0.717) is 54.1 Å². The highest BCUT2D eigenvalue weighted by atomic mass is 32.2. The summed E-state index contributed by atoms with van der Waals surface area (Å²) in [7, 11) is 0. The summed E-state index contributed by atoms with van der Waals surface area (Å²) in [5, 5.41) is 0.934. The number of rotatable bonds is 5. The maximum atomic E-state index is 13.8. The van der Waals surface area contributed by atoms with E-state index in [1.807, 2.05) is 45.0 Å². The van der Waals surface area contributed by atoms with Gasteiger partial charge in [0.05, 0.1) is 28.3 Å². The Morgan fingerprint density at radius 1 is 1.14 bits per heavy atom. The van der Waals surface area contributed by atoms with Crippen molar-refractivity contribution in [2.24, 2.45) is 0 Å². The van der Waals surface area contributed by atoms with Crippen LogP contribution >= 0.6 is 24.0 Å². The van der Waals surface area contributed by atoms with Crippen LogP contribution in [-0.4, -0.2) is 69.5 Å². The van der Waals surface area contributed by atoms with E-state index in [9.17, 15) is 14.4 Å². The van der Waals surface area contributed by atoms with Crippen LogP contribution in [0.5, 0.6) is 0 Å². The number of nitrogens with zero attached hydrogens (tertiary/aromatic N) is 4. The van der Waals surface area contributed by atoms with Crippen molar-refractivity contribution < 1.29 is 14.3 Å². The topological polar surface area (TPSA) is 75.1 Å². The van der Waals surface area contributed by atoms with E-state index >= 15 is 0 Å². The average Bonchev–Trinajstić information content (AvgIpc) is 3.12. The van der Waals surface area contributed by atoms with Crippen molar-refractivity contribution in [2.75, 3.05) is 37.7 Å². The number of anilines is 1.